The topological polar surface area (TPSA) is 114 Å². The Bertz CT molecular complexity index is 886. The first-order valence-corrected chi connectivity index (χ1v) is 13.1. The predicted octanol–water partition coefficient (Wildman–Crippen LogP) is 1.69. The number of amides is 3. The number of hydrogen-bond donors (Lipinski definition) is 3. The molecule has 0 spiro atoms. The minimum absolute atomic E-state index is 0.0790. The average molecular weight is 502 g/mol. The number of para-hydroxylation sites is 1. The first-order valence-electron chi connectivity index (χ1n) is 13.1. The SMILES string of the molecule is COC(=O)N1CCC(C(=O)N2CCN(c3ccccc3)CC2)C(C(=O)NO)CCC1C1CCCNC1. The summed E-state index contributed by atoms with van der Waals surface area (Å²) in [5, 5.41) is 12.9. The van der Waals surface area contributed by atoms with Gasteiger partial charge in [0.2, 0.25) is 11.8 Å². The minimum atomic E-state index is -0.645. The van der Waals surface area contributed by atoms with E-state index < -0.39 is 23.8 Å². The zero-order valence-corrected chi connectivity index (χ0v) is 21.1. The highest BCUT2D eigenvalue weighted by atomic mass is 16.5. The van der Waals surface area contributed by atoms with E-state index in [9.17, 15) is 19.6 Å². The van der Waals surface area contributed by atoms with Gasteiger partial charge in [-0.25, -0.2) is 10.3 Å². The van der Waals surface area contributed by atoms with E-state index in [4.69, 9.17) is 4.74 Å². The lowest BCUT2D eigenvalue weighted by Gasteiger charge is -2.43. The van der Waals surface area contributed by atoms with Gasteiger partial charge < -0.3 is 24.8 Å². The molecular weight excluding hydrogens is 462 g/mol. The second kappa shape index (κ2) is 12.4. The normalized spacial score (nSPS) is 27.6. The number of methoxy groups -OCH3 is 1. The predicted molar refractivity (Wildman–Crippen MR) is 134 cm³/mol. The number of nitrogens with zero attached hydrogens (tertiary/aromatic N) is 3. The number of hydroxylamine groups is 1. The molecule has 198 valence electrons. The van der Waals surface area contributed by atoms with Crippen LogP contribution in [0.2, 0.25) is 0 Å². The van der Waals surface area contributed by atoms with Crippen molar-refractivity contribution in [1.29, 1.82) is 0 Å². The van der Waals surface area contributed by atoms with E-state index in [0.717, 1.165) is 31.6 Å². The fourth-order valence-electron chi connectivity index (χ4n) is 6.14. The van der Waals surface area contributed by atoms with Crippen molar-refractivity contribution in [3.63, 3.8) is 0 Å². The number of nitrogens with one attached hydrogen (secondary N) is 2. The van der Waals surface area contributed by atoms with Crippen LogP contribution in [0.1, 0.15) is 32.1 Å². The van der Waals surface area contributed by atoms with Crippen LogP contribution in [0.15, 0.2) is 30.3 Å². The molecule has 36 heavy (non-hydrogen) atoms. The van der Waals surface area contributed by atoms with Crippen molar-refractivity contribution in [3.8, 4) is 0 Å². The van der Waals surface area contributed by atoms with E-state index in [2.05, 4.69) is 22.3 Å². The van der Waals surface area contributed by atoms with Crippen LogP contribution in [0.4, 0.5) is 10.5 Å². The van der Waals surface area contributed by atoms with Crippen LogP contribution >= 0.6 is 0 Å². The molecule has 0 radical (unpaired) electrons. The molecule has 4 atom stereocenters. The molecule has 4 unspecified atom stereocenters. The van der Waals surface area contributed by atoms with Gasteiger partial charge >= 0.3 is 6.09 Å². The first kappa shape index (κ1) is 26.2. The molecule has 10 nitrogen and oxygen atoms in total. The highest BCUT2D eigenvalue weighted by Crippen LogP contribution is 2.33. The molecule has 3 aliphatic heterocycles. The molecule has 3 aliphatic rings. The van der Waals surface area contributed by atoms with Crippen molar-refractivity contribution in [2.24, 2.45) is 17.8 Å². The molecule has 10 heteroatoms. The molecule has 3 fully saturated rings. The van der Waals surface area contributed by atoms with Crippen molar-refractivity contribution in [2.45, 2.75) is 38.1 Å². The maximum Gasteiger partial charge on any atom is 0.409 e. The molecule has 4 rings (SSSR count). The van der Waals surface area contributed by atoms with Gasteiger partial charge in [-0.1, -0.05) is 18.2 Å². The van der Waals surface area contributed by atoms with Crippen LogP contribution in [0.25, 0.3) is 0 Å². The Hall–Kier alpha value is -2.85. The quantitative estimate of drug-likeness (QED) is 0.425. The lowest BCUT2D eigenvalue weighted by Crippen LogP contribution is -2.55. The maximum absolute atomic E-state index is 13.7. The van der Waals surface area contributed by atoms with Gasteiger partial charge in [0.05, 0.1) is 18.9 Å². The number of rotatable bonds is 4. The molecule has 1 aromatic rings. The van der Waals surface area contributed by atoms with Crippen molar-refractivity contribution in [1.82, 2.24) is 20.6 Å². The van der Waals surface area contributed by atoms with Crippen LogP contribution in [-0.2, 0) is 14.3 Å². The zero-order chi connectivity index (χ0) is 25.5. The van der Waals surface area contributed by atoms with Crippen LogP contribution < -0.4 is 15.7 Å². The molecule has 0 aromatic heterocycles. The van der Waals surface area contributed by atoms with Gasteiger partial charge in [0.15, 0.2) is 0 Å². The lowest BCUT2D eigenvalue weighted by molar-refractivity contribution is -0.147. The molecular formula is C26H39N5O5. The molecule has 0 aliphatic carbocycles. The Balaban J connectivity index is 1.48. The third-order valence-electron chi connectivity index (χ3n) is 8.11. The number of benzene rings is 1. The Morgan fingerprint density at radius 1 is 0.972 bits per heavy atom. The maximum atomic E-state index is 13.7. The Labute approximate surface area is 212 Å². The molecule has 0 bridgehead atoms. The average Bonchev–Trinajstić information content (AvgIpc) is 2.93. The second-order valence-electron chi connectivity index (χ2n) is 10.0. The molecule has 1 aromatic carbocycles. The minimum Gasteiger partial charge on any atom is -0.453 e. The third-order valence-corrected chi connectivity index (χ3v) is 8.11. The smallest absolute Gasteiger partial charge is 0.409 e. The summed E-state index contributed by atoms with van der Waals surface area (Å²) in [6.07, 6.45) is 2.98. The third kappa shape index (κ3) is 5.92. The van der Waals surface area contributed by atoms with E-state index in [1.165, 1.54) is 7.11 Å². The molecule has 3 heterocycles. The van der Waals surface area contributed by atoms with Crippen LogP contribution in [0.3, 0.4) is 0 Å². The summed E-state index contributed by atoms with van der Waals surface area (Å²) in [4.78, 5) is 45.1. The molecule has 3 N–H and O–H groups in total. The number of hydrogen-bond acceptors (Lipinski definition) is 7. The summed E-state index contributed by atoms with van der Waals surface area (Å²) in [5.74, 6) is -1.61. The van der Waals surface area contributed by atoms with Gasteiger partial charge in [0, 0.05) is 44.5 Å². The Kier molecular flexibility index (Phi) is 9.03. The van der Waals surface area contributed by atoms with Gasteiger partial charge in [-0.3, -0.25) is 14.8 Å². The summed E-state index contributed by atoms with van der Waals surface area (Å²) in [6.45, 7) is 4.66. The van der Waals surface area contributed by atoms with E-state index in [-0.39, 0.29) is 17.9 Å². The standard InChI is InChI=1S/C26H39N5O5/c1-36-26(34)31-13-11-22(21(24(32)28-35)9-10-23(31)19-6-5-12-27-18-19)25(33)30-16-14-29(15-17-30)20-7-3-2-4-8-20/h2-4,7-8,19,21-23,27,35H,5-6,9-18H2,1H3,(H,28,32). The van der Waals surface area contributed by atoms with Gasteiger partial charge in [0.1, 0.15) is 0 Å². The number of ether oxygens (including phenoxy) is 1. The largest absolute Gasteiger partial charge is 0.453 e. The monoisotopic (exact) mass is 501 g/mol. The number of piperidine rings is 1. The number of carbonyl (C=O) groups excluding carboxylic acids is 3. The van der Waals surface area contributed by atoms with Gasteiger partial charge in [0.25, 0.3) is 0 Å². The summed E-state index contributed by atoms with van der Waals surface area (Å²) in [6, 6.07) is 10.0. The summed E-state index contributed by atoms with van der Waals surface area (Å²) >= 11 is 0. The van der Waals surface area contributed by atoms with E-state index in [1.807, 2.05) is 23.1 Å². The zero-order valence-electron chi connectivity index (χ0n) is 21.1. The second-order valence-corrected chi connectivity index (χ2v) is 10.0. The summed E-state index contributed by atoms with van der Waals surface area (Å²) < 4.78 is 5.11. The summed E-state index contributed by atoms with van der Waals surface area (Å²) in [5.41, 5.74) is 2.93. The van der Waals surface area contributed by atoms with E-state index >= 15 is 0 Å². The fraction of sp³-hybridized carbons (Fsp3) is 0.654. The van der Waals surface area contributed by atoms with Crippen LogP contribution in [0.5, 0.6) is 0 Å². The van der Waals surface area contributed by atoms with Crippen LogP contribution in [0, 0.1) is 17.8 Å². The van der Waals surface area contributed by atoms with Gasteiger partial charge in [-0.2, -0.15) is 0 Å². The highest BCUT2D eigenvalue weighted by molar-refractivity contribution is 5.87. The van der Waals surface area contributed by atoms with E-state index in [1.54, 1.807) is 10.4 Å². The fourth-order valence-corrected chi connectivity index (χ4v) is 6.14. The van der Waals surface area contributed by atoms with Gasteiger partial charge in [-0.05, 0) is 63.2 Å². The van der Waals surface area contributed by atoms with Crippen molar-refractivity contribution < 1.29 is 24.3 Å². The highest BCUT2D eigenvalue weighted by Gasteiger charge is 2.42. The van der Waals surface area contributed by atoms with Gasteiger partial charge in [-0.15, -0.1) is 0 Å². The Morgan fingerprint density at radius 3 is 2.36 bits per heavy atom. The number of piperazine rings is 1. The summed E-state index contributed by atoms with van der Waals surface area (Å²) in [7, 11) is 1.38. The molecule has 3 amide bonds. The Morgan fingerprint density at radius 2 is 1.72 bits per heavy atom. The van der Waals surface area contributed by atoms with Crippen molar-refractivity contribution in [2.75, 3.05) is 57.8 Å². The van der Waals surface area contributed by atoms with Crippen molar-refractivity contribution in [3.05, 3.63) is 30.3 Å². The number of anilines is 1. The molecule has 0 saturated carbocycles. The molecule has 3 saturated heterocycles. The first-order chi connectivity index (χ1) is 17.5. The van der Waals surface area contributed by atoms with Crippen LogP contribution in [-0.4, -0.2) is 91.9 Å². The van der Waals surface area contributed by atoms with E-state index in [0.29, 0.717) is 52.0 Å². The van der Waals surface area contributed by atoms with Crippen molar-refractivity contribution >= 4 is 23.6 Å². The lowest BCUT2D eigenvalue weighted by atomic mass is 9.78. The number of carbonyl (C=O) groups is 3. The number of likely N-dealkylation sites (tertiary alicyclic amines) is 1.